The van der Waals surface area contributed by atoms with Crippen molar-refractivity contribution in [3.8, 4) is 0 Å². The van der Waals surface area contributed by atoms with Gasteiger partial charge in [-0.05, 0) is 25.3 Å². The van der Waals surface area contributed by atoms with Crippen LogP contribution >= 0.6 is 11.8 Å². The number of hydrogen-bond acceptors (Lipinski definition) is 4. The van der Waals surface area contributed by atoms with E-state index in [0.29, 0.717) is 5.75 Å². The quantitative estimate of drug-likeness (QED) is 0.804. The number of aliphatic imine (C=N–C) groups is 1. The zero-order chi connectivity index (χ0) is 14.9. The highest BCUT2D eigenvalue weighted by Gasteiger charge is 2.41. The second-order valence-corrected chi connectivity index (χ2v) is 5.26. The zero-order valence-corrected chi connectivity index (χ0v) is 11.6. The lowest BCUT2D eigenvalue weighted by Gasteiger charge is -2.11. The molecule has 0 unspecified atom stereocenters. The number of halogens is 3. The molecule has 1 heterocycles. The fourth-order valence-electron chi connectivity index (χ4n) is 1.95. The molecule has 2 rings (SSSR count). The van der Waals surface area contributed by atoms with E-state index in [4.69, 9.17) is 4.74 Å². The number of rotatable bonds is 3. The lowest BCUT2D eigenvalue weighted by atomic mass is 10.0. The van der Waals surface area contributed by atoms with Gasteiger partial charge in [0, 0.05) is 5.75 Å². The Morgan fingerprint density at radius 1 is 1.40 bits per heavy atom. The van der Waals surface area contributed by atoms with Crippen molar-refractivity contribution >= 4 is 23.6 Å². The Kier molecular flexibility index (Phi) is 4.08. The topological polar surface area (TPSA) is 38.7 Å². The van der Waals surface area contributed by atoms with Crippen LogP contribution in [0.25, 0.3) is 0 Å². The molecule has 0 fully saturated rings. The van der Waals surface area contributed by atoms with E-state index in [9.17, 15) is 18.0 Å². The summed E-state index contributed by atoms with van der Waals surface area (Å²) >= 11 is 1.52. The van der Waals surface area contributed by atoms with Gasteiger partial charge in [-0.1, -0.05) is 6.07 Å². The monoisotopic (exact) mass is 303 g/mol. The van der Waals surface area contributed by atoms with Crippen molar-refractivity contribution < 1.29 is 22.7 Å². The van der Waals surface area contributed by atoms with Gasteiger partial charge in [-0.25, -0.2) is 9.79 Å². The Morgan fingerprint density at radius 2 is 2.10 bits per heavy atom. The molecule has 0 radical (unpaired) electrons. The summed E-state index contributed by atoms with van der Waals surface area (Å²) < 4.78 is 43.9. The van der Waals surface area contributed by atoms with Crippen molar-refractivity contribution in [1.82, 2.24) is 0 Å². The van der Waals surface area contributed by atoms with Gasteiger partial charge in [0.05, 0.1) is 22.7 Å². The summed E-state index contributed by atoms with van der Waals surface area (Å²) in [6.45, 7) is 1.76. The summed E-state index contributed by atoms with van der Waals surface area (Å²) in [5.41, 5.74) is -1.23. The van der Waals surface area contributed by atoms with E-state index in [1.54, 1.807) is 6.92 Å². The Hall–Kier alpha value is -1.50. The molecule has 0 aliphatic carbocycles. The maximum Gasteiger partial charge on any atom is 0.417 e. The molecule has 1 atom stereocenters. The number of ether oxygens (including phenoxy) is 1. The largest absolute Gasteiger partial charge is 0.417 e. The molecule has 0 spiro atoms. The van der Waals surface area contributed by atoms with Crippen molar-refractivity contribution in [2.45, 2.75) is 19.1 Å². The van der Waals surface area contributed by atoms with Gasteiger partial charge in [0.25, 0.3) is 0 Å². The SMILES string of the molecule is CSC[C@H](C)/N=C1/OC(=O)c2cccc(C(F)(F)F)c21. The Morgan fingerprint density at radius 3 is 2.70 bits per heavy atom. The Balaban J connectivity index is 2.53. The van der Waals surface area contributed by atoms with Crippen molar-refractivity contribution in [2.75, 3.05) is 12.0 Å². The fourth-order valence-corrected chi connectivity index (χ4v) is 2.51. The van der Waals surface area contributed by atoms with E-state index in [0.717, 1.165) is 6.07 Å². The molecule has 1 aliphatic heterocycles. The van der Waals surface area contributed by atoms with Gasteiger partial charge in [0.1, 0.15) is 0 Å². The van der Waals surface area contributed by atoms with Gasteiger partial charge in [0.15, 0.2) is 0 Å². The molecule has 0 N–H and O–H groups in total. The molecule has 1 aromatic carbocycles. The van der Waals surface area contributed by atoms with Crippen LogP contribution in [-0.2, 0) is 10.9 Å². The molecule has 1 aromatic rings. The molecule has 0 bridgehead atoms. The van der Waals surface area contributed by atoms with E-state index in [2.05, 4.69) is 4.99 Å². The minimum absolute atomic E-state index is 0.0880. The molecule has 0 amide bonds. The van der Waals surface area contributed by atoms with Crippen LogP contribution in [-0.4, -0.2) is 29.9 Å². The number of hydrogen-bond donors (Lipinski definition) is 0. The Bertz CT molecular complexity index is 569. The minimum Gasteiger partial charge on any atom is -0.404 e. The number of esters is 1. The standard InChI is InChI=1S/C13H12F3NO2S/c1-7(6-20-2)17-11-10-8(12(18)19-11)4-3-5-9(10)13(14,15)16/h3-5,7H,6H2,1-2H3/b17-11+/t7-/m0/s1. The molecule has 108 valence electrons. The molecule has 3 nitrogen and oxygen atoms in total. The van der Waals surface area contributed by atoms with Crippen LogP contribution in [0.1, 0.15) is 28.4 Å². The highest BCUT2D eigenvalue weighted by Crippen LogP contribution is 2.36. The Labute approximate surface area is 118 Å². The molecule has 20 heavy (non-hydrogen) atoms. The number of cyclic esters (lactones) is 1. The third kappa shape index (κ3) is 2.82. The van der Waals surface area contributed by atoms with E-state index >= 15 is 0 Å². The predicted molar refractivity (Wildman–Crippen MR) is 71.2 cm³/mol. The van der Waals surface area contributed by atoms with Crippen molar-refractivity contribution in [3.05, 3.63) is 34.9 Å². The summed E-state index contributed by atoms with van der Waals surface area (Å²) in [7, 11) is 0. The maximum atomic E-state index is 13.0. The summed E-state index contributed by atoms with van der Waals surface area (Å²) in [5.74, 6) is -0.398. The summed E-state index contributed by atoms with van der Waals surface area (Å²) in [5, 5.41) is 0. The van der Waals surface area contributed by atoms with Gasteiger partial charge >= 0.3 is 12.1 Å². The molecule has 0 aromatic heterocycles. The first-order valence-corrected chi connectivity index (χ1v) is 7.23. The van der Waals surface area contributed by atoms with E-state index in [1.165, 1.54) is 23.9 Å². The minimum atomic E-state index is -4.55. The highest BCUT2D eigenvalue weighted by atomic mass is 32.2. The normalized spacial score (nSPS) is 18.1. The van der Waals surface area contributed by atoms with Crippen LogP contribution in [0.5, 0.6) is 0 Å². The molecule has 0 saturated carbocycles. The van der Waals surface area contributed by atoms with E-state index < -0.39 is 17.7 Å². The van der Waals surface area contributed by atoms with Gasteiger partial charge in [0.2, 0.25) is 5.90 Å². The van der Waals surface area contributed by atoms with Gasteiger partial charge in [-0.15, -0.1) is 0 Å². The molecule has 7 heteroatoms. The number of carbonyl (C=O) groups excluding carboxylic acids is 1. The van der Waals surface area contributed by atoms with E-state index in [1.807, 2.05) is 6.26 Å². The average molecular weight is 303 g/mol. The molecule has 0 saturated heterocycles. The van der Waals surface area contributed by atoms with Crippen LogP contribution in [0.2, 0.25) is 0 Å². The fraction of sp³-hybridized carbons (Fsp3) is 0.385. The number of thioether (sulfide) groups is 1. The van der Waals surface area contributed by atoms with Crippen LogP contribution < -0.4 is 0 Å². The van der Waals surface area contributed by atoms with Crippen molar-refractivity contribution in [2.24, 2.45) is 4.99 Å². The second-order valence-electron chi connectivity index (χ2n) is 4.35. The van der Waals surface area contributed by atoms with Crippen LogP contribution in [0.4, 0.5) is 13.2 Å². The lowest BCUT2D eigenvalue weighted by Crippen LogP contribution is -2.14. The van der Waals surface area contributed by atoms with Gasteiger partial charge < -0.3 is 4.74 Å². The van der Waals surface area contributed by atoms with Crippen molar-refractivity contribution in [3.63, 3.8) is 0 Å². The molecule has 1 aliphatic rings. The van der Waals surface area contributed by atoms with Crippen LogP contribution in [0.15, 0.2) is 23.2 Å². The van der Waals surface area contributed by atoms with E-state index in [-0.39, 0.29) is 23.1 Å². The lowest BCUT2D eigenvalue weighted by molar-refractivity contribution is -0.137. The van der Waals surface area contributed by atoms with Gasteiger partial charge in [-0.3, -0.25) is 0 Å². The third-order valence-corrected chi connectivity index (χ3v) is 3.55. The van der Waals surface area contributed by atoms with Crippen LogP contribution in [0, 0.1) is 0 Å². The summed E-state index contributed by atoms with van der Waals surface area (Å²) in [6, 6.07) is 3.20. The first-order valence-electron chi connectivity index (χ1n) is 5.84. The van der Waals surface area contributed by atoms with Gasteiger partial charge in [-0.2, -0.15) is 24.9 Å². The number of fused-ring (bicyclic) bond motifs is 1. The highest BCUT2D eigenvalue weighted by molar-refractivity contribution is 7.98. The second kappa shape index (κ2) is 5.47. The first kappa shape index (κ1) is 14.9. The number of carbonyl (C=O) groups is 1. The predicted octanol–water partition coefficient (Wildman–Crippen LogP) is 3.37. The number of nitrogens with zero attached hydrogens (tertiary/aromatic N) is 1. The molecular formula is C13H12F3NO2S. The maximum absolute atomic E-state index is 13.0. The average Bonchev–Trinajstić information content (AvgIpc) is 2.65. The first-order chi connectivity index (χ1) is 9.34. The third-order valence-electron chi connectivity index (χ3n) is 2.74. The smallest absolute Gasteiger partial charge is 0.404 e. The number of alkyl halides is 3. The molecular weight excluding hydrogens is 291 g/mol. The van der Waals surface area contributed by atoms with Crippen LogP contribution in [0.3, 0.4) is 0 Å². The van der Waals surface area contributed by atoms with Crippen molar-refractivity contribution in [1.29, 1.82) is 0 Å². The zero-order valence-electron chi connectivity index (χ0n) is 10.8. The summed E-state index contributed by atoms with van der Waals surface area (Å²) in [6.07, 6.45) is -2.69. The summed E-state index contributed by atoms with van der Waals surface area (Å²) in [4.78, 5) is 15.7. The number of benzene rings is 1.